The Bertz CT molecular complexity index is 544. The molecule has 6 nitrogen and oxygen atoms in total. The summed E-state index contributed by atoms with van der Waals surface area (Å²) in [6.07, 6.45) is 1.79. The van der Waals surface area contributed by atoms with Crippen LogP contribution in [0.5, 0.6) is 0 Å². The molecule has 114 valence electrons. The summed E-state index contributed by atoms with van der Waals surface area (Å²) >= 11 is 0. The van der Waals surface area contributed by atoms with Gasteiger partial charge in [0.25, 0.3) is 5.91 Å². The van der Waals surface area contributed by atoms with Gasteiger partial charge in [-0.05, 0) is 30.9 Å². The van der Waals surface area contributed by atoms with Crippen LogP contribution >= 0.6 is 0 Å². The topological polar surface area (TPSA) is 72.7 Å². The van der Waals surface area contributed by atoms with Crippen molar-refractivity contribution in [3.63, 3.8) is 0 Å². The molecule has 0 atom stereocenters. The third-order valence-electron chi connectivity index (χ3n) is 3.61. The van der Waals surface area contributed by atoms with E-state index in [4.69, 9.17) is 4.74 Å². The maximum atomic E-state index is 13.6. The maximum Gasteiger partial charge on any atom is 0.304 e. The van der Waals surface area contributed by atoms with Gasteiger partial charge in [0.15, 0.2) is 0 Å². The van der Waals surface area contributed by atoms with E-state index in [0.717, 1.165) is 25.0 Å². The Labute approximate surface area is 121 Å². The molecule has 1 aliphatic rings. The molecule has 0 N–H and O–H groups in total. The molecule has 1 saturated heterocycles. The molecule has 1 heterocycles. The Kier molecular flexibility index (Phi) is 4.85. The van der Waals surface area contributed by atoms with E-state index in [1.54, 1.807) is 7.05 Å². The summed E-state index contributed by atoms with van der Waals surface area (Å²) < 4.78 is 18.8. The van der Waals surface area contributed by atoms with Gasteiger partial charge in [0, 0.05) is 38.4 Å². The van der Waals surface area contributed by atoms with E-state index in [-0.39, 0.29) is 11.5 Å². The first kappa shape index (κ1) is 15.4. The molecule has 2 rings (SSSR count). The smallest absolute Gasteiger partial charge is 0.304 e. The fraction of sp³-hybridized carbons (Fsp3) is 0.500. The Balaban J connectivity index is 2.04. The summed E-state index contributed by atoms with van der Waals surface area (Å²) in [7, 11) is 1.65. The van der Waals surface area contributed by atoms with Crippen molar-refractivity contribution in [2.45, 2.75) is 12.8 Å². The van der Waals surface area contributed by atoms with Gasteiger partial charge < -0.3 is 9.64 Å². The second-order valence-electron chi connectivity index (χ2n) is 5.16. The number of nitro groups is 1. The predicted octanol–water partition coefficient (Wildman–Crippen LogP) is 2.23. The second kappa shape index (κ2) is 6.62. The van der Waals surface area contributed by atoms with Gasteiger partial charge in [0.1, 0.15) is 0 Å². The van der Waals surface area contributed by atoms with Crippen LogP contribution in [0.2, 0.25) is 0 Å². The Morgan fingerprint density at radius 1 is 1.48 bits per heavy atom. The number of halogens is 1. The Morgan fingerprint density at radius 3 is 2.71 bits per heavy atom. The van der Waals surface area contributed by atoms with E-state index in [1.165, 1.54) is 11.0 Å². The number of rotatable bonds is 4. The molecule has 1 fully saturated rings. The third-order valence-corrected chi connectivity index (χ3v) is 3.61. The normalized spacial score (nSPS) is 15.7. The van der Waals surface area contributed by atoms with Gasteiger partial charge >= 0.3 is 5.69 Å². The first-order valence-corrected chi connectivity index (χ1v) is 6.76. The van der Waals surface area contributed by atoms with Crippen molar-refractivity contribution < 1.29 is 18.8 Å². The van der Waals surface area contributed by atoms with Crippen molar-refractivity contribution in [2.75, 3.05) is 26.8 Å². The number of hydrogen-bond donors (Lipinski definition) is 0. The minimum Gasteiger partial charge on any atom is -0.381 e. The molecule has 0 aromatic heterocycles. The molecule has 1 aromatic carbocycles. The lowest BCUT2D eigenvalue weighted by atomic mass is 9.99. The van der Waals surface area contributed by atoms with Gasteiger partial charge in [0.05, 0.1) is 4.92 Å². The molecule has 1 amide bonds. The van der Waals surface area contributed by atoms with Gasteiger partial charge in [-0.1, -0.05) is 0 Å². The zero-order valence-electron chi connectivity index (χ0n) is 11.8. The van der Waals surface area contributed by atoms with E-state index >= 15 is 0 Å². The molecule has 7 heteroatoms. The van der Waals surface area contributed by atoms with Crippen LogP contribution in [0.1, 0.15) is 23.2 Å². The monoisotopic (exact) mass is 296 g/mol. The minimum atomic E-state index is -0.995. The lowest BCUT2D eigenvalue weighted by Crippen LogP contribution is -2.34. The summed E-state index contributed by atoms with van der Waals surface area (Å²) in [4.78, 5) is 23.5. The van der Waals surface area contributed by atoms with E-state index in [0.29, 0.717) is 25.7 Å². The van der Waals surface area contributed by atoms with Gasteiger partial charge in [-0.15, -0.1) is 0 Å². The number of hydrogen-bond acceptors (Lipinski definition) is 4. The van der Waals surface area contributed by atoms with E-state index in [2.05, 4.69) is 0 Å². The highest BCUT2D eigenvalue weighted by Gasteiger charge is 2.22. The largest absolute Gasteiger partial charge is 0.381 e. The first-order valence-electron chi connectivity index (χ1n) is 6.76. The number of nitro benzene ring substituents is 1. The molecule has 1 aromatic rings. The highest BCUT2D eigenvalue weighted by Crippen LogP contribution is 2.20. The molecule has 1 aliphatic heterocycles. The minimum absolute atomic E-state index is 0.118. The van der Waals surface area contributed by atoms with Crippen molar-refractivity contribution in [1.29, 1.82) is 0 Å². The molecule has 0 unspecified atom stereocenters. The fourth-order valence-electron chi connectivity index (χ4n) is 2.41. The number of ether oxygens (including phenoxy) is 1. The van der Waals surface area contributed by atoms with Gasteiger partial charge in [0.2, 0.25) is 5.82 Å². The molecule has 0 bridgehead atoms. The molecule has 0 aliphatic carbocycles. The van der Waals surface area contributed by atoms with Crippen molar-refractivity contribution in [2.24, 2.45) is 5.92 Å². The molecular weight excluding hydrogens is 279 g/mol. The lowest BCUT2D eigenvalue weighted by Gasteiger charge is -2.27. The van der Waals surface area contributed by atoms with Crippen LogP contribution < -0.4 is 0 Å². The van der Waals surface area contributed by atoms with E-state index in [1.807, 2.05) is 0 Å². The SMILES string of the molecule is CN(CC1CCOCC1)C(=O)c1ccc([N+](=O)[O-])c(F)c1. The number of nitrogens with zero attached hydrogens (tertiary/aromatic N) is 2. The summed E-state index contributed by atoms with van der Waals surface area (Å²) in [6.45, 7) is 1.96. The Hall–Kier alpha value is -2.02. The maximum absolute atomic E-state index is 13.6. The summed E-state index contributed by atoms with van der Waals surface area (Å²) in [5.74, 6) is -0.962. The summed E-state index contributed by atoms with van der Waals surface area (Å²) in [6, 6.07) is 3.22. The van der Waals surface area contributed by atoms with Crippen LogP contribution in [0, 0.1) is 21.8 Å². The van der Waals surface area contributed by atoms with Crippen LogP contribution in [-0.2, 0) is 4.74 Å². The van der Waals surface area contributed by atoms with Crippen LogP contribution in [0.3, 0.4) is 0 Å². The van der Waals surface area contributed by atoms with Crippen molar-refractivity contribution in [3.8, 4) is 0 Å². The van der Waals surface area contributed by atoms with Gasteiger partial charge in [-0.3, -0.25) is 14.9 Å². The first-order chi connectivity index (χ1) is 9.99. The number of amides is 1. The van der Waals surface area contributed by atoms with Crippen molar-refractivity contribution >= 4 is 11.6 Å². The molecule has 21 heavy (non-hydrogen) atoms. The van der Waals surface area contributed by atoms with E-state index < -0.39 is 16.4 Å². The number of carbonyl (C=O) groups excluding carboxylic acids is 1. The summed E-state index contributed by atoms with van der Waals surface area (Å²) in [5, 5.41) is 10.6. The molecule has 0 spiro atoms. The van der Waals surface area contributed by atoms with Crippen molar-refractivity contribution in [3.05, 3.63) is 39.7 Å². The molecule has 0 radical (unpaired) electrons. The zero-order valence-corrected chi connectivity index (χ0v) is 11.8. The average Bonchev–Trinajstić information content (AvgIpc) is 2.47. The standard InChI is InChI=1S/C14H17FN2O4/c1-16(9-10-4-6-21-7-5-10)14(18)11-2-3-13(17(19)20)12(15)8-11/h2-3,8,10H,4-7,9H2,1H3. The van der Waals surface area contributed by atoms with E-state index in [9.17, 15) is 19.3 Å². The fourth-order valence-corrected chi connectivity index (χ4v) is 2.41. The van der Waals surface area contributed by atoms with Crippen LogP contribution in [0.15, 0.2) is 18.2 Å². The lowest BCUT2D eigenvalue weighted by molar-refractivity contribution is -0.387. The zero-order chi connectivity index (χ0) is 15.4. The van der Waals surface area contributed by atoms with Crippen LogP contribution in [0.25, 0.3) is 0 Å². The summed E-state index contributed by atoms with van der Waals surface area (Å²) in [5.41, 5.74) is -0.508. The highest BCUT2D eigenvalue weighted by atomic mass is 19.1. The third kappa shape index (κ3) is 3.75. The number of carbonyl (C=O) groups is 1. The van der Waals surface area contributed by atoms with Gasteiger partial charge in [-0.25, -0.2) is 0 Å². The quantitative estimate of drug-likeness (QED) is 0.631. The molecular formula is C14H17FN2O4. The average molecular weight is 296 g/mol. The predicted molar refractivity (Wildman–Crippen MR) is 73.6 cm³/mol. The Morgan fingerprint density at radius 2 is 2.14 bits per heavy atom. The highest BCUT2D eigenvalue weighted by molar-refractivity contribution is 5.94. The van der Waals surface area contributed by atoms with Crippen molar-refractivity contribution in [1.82, 2.24) is 4.90 Å². The van der Waals surface area contributed by atoms with Gasteiger partial charge in [-0.2, -0.15) is 4.39 Å². The second-order valence-corrected chi connectivity index (χ2v) is 5.16. The van der Waals surface area contributed by atoms with Crippen LogP contribution in [0.4, 0.5) is 10.1 Å². The molecule has 0 saturated carbocycles. The van der Waals surface area contributed by atoms with Crippen LogP contribution in [-0.4, -0.2) is 42.5 Å². The number of benzene rings is 1.